The molecular formula is C50H37N5. The van der Waals surface area contributed by atoms with Gasteiger partial charge in [-0.2, -0.15) is 5.26 Å². The zero-order valence-electron chi connectivity index (χ0n) is 30.3. The summed E-state index contributed by atoms with van der Waals surface area (Å²) in [7, 11) is 0. The first-order chi connectivity index (χ1) is 27.2. The Morgan fingerprint density at radius 2 is 1.35 bits per heavy atom. The second-order valence-electron chi connectivity index (χ2n) is 13.3. The third kappa shape index (κ3) is 7.76. The highest BCUT2D eigenvalue weighted by atomic mass is 14.8. The van der Waals surface area contributed by atoms with Crippen molar-refractivity contribution in [1.82, 2.24) is 9.97 Å². The van der Waals surface area contributed by atoms with Crippen LogP contribution in [0.3, 0.4) is 0 Å². The fourth-order valence-corrected chi connectivity index (χ4v) is 7.06. The van der Waals surface area contributed by atoms with Crippen LogP contribution in [0.1, 0.15) is 36.1 Å². The second kappa shape index (κ2) is 16.2. The van der Waals surface area contributed by atoms with E-state index in [2.05, 4.69) is 142 Å². The molecule has 0 aliphatic carbocycles. The highest BCUT2D eigenvalue weighted by Crippen LogP contribution is 2.38. The van der Waals surface area contributed by atoms with Gasteiger partial charge in [0.1, 0.15) is 0 Å². The molecule has 5 aromatic carbocycles. The summed E-state index contributed by atoms with van der Waals surface area (Å²) in [5, 5.41) is 12.3. The number of aromatic nitrogens is 2. The van der Waals surface area contributed by atoms with Gasteiger partial charge in [0.2, 0.25) is 0 Å². The van der Waals surface area contributed by atoms with Crippen LogP contribution >= 0.6 is 0 Å². The number of fused-ring (bicyclic) bond motifs is 1. The van der Waals surface area contributed by atoms with Crippen molar-refractivity contribution < 1.29 is 0 Å². The number of nitriles is 1. The number of allylic oxidation sites excluding steroid dienone is 4. The van der Waals surface area contributed by atoms with Crippen LogP contribution in [0, 0.1) is 11.3 Å². The lowest BCUT2D eigenvalue weighted by Crippen LogP contribution is -1.91. The molecule has 0 fully saturated rings. The number of hydrogen-bond acceptors (Lipinski definition) is 5. The quantitative estimate of drug-likeness (QED) is 0.105. The Morgan fingerprint density at radius 1 is 0.673 bits per heavy atom. The van der Waals surface area contributed by atoms with Crippen molar-refractivity contribution in [2.75, 3.05) is 0 Å². The molecule has 0 N–H and O–H groups in total. The van der Waals surface area contributed by atoms with Gasteiger partial charge in [0.05, 0.1) is 28.7 Å². The fourth-order valence-electron chi connectivity index (χ4n) is 7.06. The first kappa shape index (κ1) is 34.8. The summed E-state index contributed by atoms with van der Waals surface area (Å²) in [6.45, 7) is 3.85. The normalized spacial score (nSPS) is 13.0. The van der Waals surface area contributed by atoms with Crippen LogP contribution in [-0.2, 0) is 0 Å². The number of nitrogens with zero attached hydrogens (tertiary/aromatic N) is 5. The fraction of sp³-hybridized carbons (Fsp3) is 0.0600. The Hall–Kier alpha value is -7.29. The summed E-state index contributed by atoms with van der Waals surface area (Å²) in [5.74, 6) is 0. The third-order valence-electron chi connectivity index (χ3n) is 9.86. The van der Waals surface area contributed by atoms with E-state index in [9.17, 15) is 5.26 Å². The van der Waals surface area contributed by atoms with E-state index in [4.69, 9.17) is 0 Å². The van der Waals surface area contributed by atoms with Crippen LogP contribution in [0.5, 0.6) is 0 Å². The van der Waals surface area contributed by atoms with Crippen molar-refractivity contribution in [3.63, 3.8) is 0 Å². The maximum Gasteiger partial charge on any atom is 0.0992 e. The molecule has 7 aromatic rings. The van der Waals surface area contributed by atoms with E-state index >= 15 is 0 Å². The summed E-state index contributed by atoms with van der Waals surface area (Å²) >= 11 is 0. The third-order valence-corrected chi connectivity index (χ3v) is 9.86. The standard InChI is InChI=1S/C50H37N5/c1-52-50(49-14-6-9-29-55-49)33-40(23-24-43-10-4-7-27-53-43)36-15-19-38(20-16-36)44-25-26-45(47-12-3-2-11-46(44)47)42-31-35(34-51)30-41(32-42)37-17-21-39(22-18-37)48-13-5-8-28-54-48/h2-3,5-6,8-23,25-33H,1,4,7,24H2/b40-23+,50-33-. The zero-order chi connectivity index (χ0) is 37.4. The molecule has 8 rings (SSSR count). The Kier molecular flexibility index (Phi) is 10.2. The molecule has 0 saturated carbocycles. The van der Waals surface area contributed by atoms with Gasteiger partial charge >= 0.3 is 0 Å². The highest BCUT2D eigenvalue weighted by Gasteiger charge is 2.13. The van der Waals surface area contributed by atoms with E-state index in [1.165, 1.54) is 0 Å². The van der Waals surface area contributed by atoms with E-state index in [0.717, 1.165) is 90.8 Å². The van der Waals surface area contributed by atoms with Gasteiger partial charge < -0.3 is 0 Å². The van der Waals surface area contributed by atoms with Crippen molar-refractivity contribution in [2.45, 2.75) is 19.3 Å². The van der Waals surface area contributed by atoms with E-state index in [1.54, 1.807) is 12.4 Å². The molecule has 5 nitrogen and oxygen atoms in total. The van der Waals surface area contributed by atoms with Gasteiger partial charge in [-0.25, -0.2) is 0 Å². The molecular weight excluding hydrogens is 671 g/mol. The van der Waals surface area contributed by atoms with Gasteiger partial charge in [-0.1, -0.05) is 109 Å². The molecule has 262 valence electrons. The molecule has 1 aliphatic heterocycles. The summed E-state index contributed by atoms with van der Waals surface area (Å²) in [6, 6.07) is 50.2. The van der Waals surface area contributed by atoms with Crippen LogP contribution < -0.4 is 0 Å². The predicted molar refractivity (Wildman–Crippen MR) is 228 cm³/mol. The molecule has 2 aromatic heterocycles. The molecule has 0 saturated heterocycles. The van der Waals surface area contributed by atoms with Gasteiger partial charge in [0.25, 0.3) is 0 Å². The maximum atomic E-state index is 10.1. The molecule has 0 unspecified atom stereocenters. The van der Waals surface area contributed by atoms with Crippen molar-refractivity contribution in [2.24, 2.45) is 9.98 Å². The number of rotatable bonds is 10. The Bertz CT molecular complexity index is 2660. The molecule has 3 heterocycles. The van der Waals surface area contributed by atoms with E-state index < -0.39 is 0 Å². The molecule has 0 radical (unpaired) electrons. The van der Waals surface area contributed by atoms with Crippen LogP contribution in [0.15, 0.2) is 186 Å². The lowest BCUT2D eigenvalue weighted by atomic mass is 9.89. The van der Waals surface area contributed by atoms with Crippen LogP contribution in [-0.4, -0.2) is 22.9 Å². The minimum Gasteiger partial charge on any atom is -0.266 e. The van der Waals surface area contributed by atoms with Crippen LogP contribution in [0.25, 0.3) is 66.7 Å². The molecule has 0 atom stereocenters. The van der Waals surface area contributed by atoms with Crippen molar-refractivity contribution in [1.29, 1.82) is 5.26 Å². The van der Waals surface area contributed by atoms with Crippen LogP contribution in [0.2, 0.25) is 0 Å². The predicted octanol–water partition coefficient (Wildman–Crippen LogP) is 12.4. The Morgan fingerprint density at radius 3 is 2.00 bits per heavy atom. The van der Waals surface area contributed by atoms with Gasteiger partial charge in [0, 0.05) is 36.3 Å². The molecule has 0 amide bonds. The zero-order valence-corrected chi connectivity index (χ0v) is 30.3. The molecule has 0 bridgehead atoms. The Balaban J connectivity index is 1.14. The van der Waals surface area contributed by atoms with Gasteiger partial charge in [-0.15, -0.1) is 0 Å². The molecule has 0 spiro atoms. The summed E-state index contributed by atoms with van der Waals surface area (Å²) < 4.78 is 0. The lowest BCUT2D eigenvalue weighted by molar-refractivity contribution is 1.01. The van der Waals surface area contributed by atoms with Crippen molar-refractivity contribution in [3.8, 4) is 50.7 Å². The molecule has 5 heteroatoms. The van der Waals surface area contributed by atoms with Gasteiger partial charge in [0.15, 0.2) is 0 Å². The molecule has 1 aliphatic rings. The molecule has 55 heavy (non-hydrogen) atoms. The second-order valence-corrected chi connectivity index (χ2v) is 13.3. The average Bonchev–Trinajstić information content (AvgIpc) is 3.27. The summed E-state index contributed by atoms with van der Waals surface area (Å²) in [5.41, 5.74) is 13.6. The topological polar surface area (TPSA) is 74.3 Å². The largest absolute Gasteiger partial charge is 0.266 e. The Labute approximate surface area is 321 Å². The minimum absolute atomic E-state index is 0.618. The average molecular weight is 708 g/mol. The van der Waals surface area contributed by atoms with E-state index in [0.29, 0.717) is 17.7 Å². The smallest absolute Gasteiger partial charge is 0.0992 e. The van der Waals surface area contributed by atoms with E-state index in [-0.39, 0.29) is 0 Å². The number of benzene rings is 5. The first-order valence-corrected chi connectivity index (χ1v) is 18.4. The summed E-state index contributed by atoms with van der Waals surface area (Å²) in [4.78, 5) is 18.0. The first-order valence-electron chi connectivity index (χ1n) is 18.4. The van der Waals surface area contributed by atoms with Gasteiger partial charge in [-0.3, -0.25) is 20.0 Å². The lowest BCUT2D eigenvalue weighted by Gasteiger charge is -2.14. The van der Waals surface area contributed by atoms with Gasteiger partial charge in [-0.05, 0) is 123 Å². The number of pyridine rings is 2. The SMILES string of the molecule is C=N/C(=C\C(=C/CC1=CCCC=N1)c1ccc(-c2ccc(-c3cc(C#N)cc(-c4ccc(-c5ccccn5)cc4)c3)c3ccccc23)cc1)c1ccccn1. The van der Waals surface area contributed by atoms with E-state index in [1.807, 2.05) is 54.7 Å². The minimum atomic E-state index is 0.618. The summed E-state index contributed by atoms with van der Waals surface area (Å²) in [6.07, 6.45) is 14.8. The van der Waals surface area contributed by atoms with Crippen molar-refractivity contribution in [3.05, 3.63) is 193 Å². The van der Waals surface area contributed by atoms with Crippen LogP contribution in [0.4, 0.5) is 0 Å². The monoisotopic (exact) mass is 707 g/mol. The highest BCUT2D eigenvalue weighted by molar-refractivity contribution is 6.05. The number of aliphatic imine (C=N–C) groups is 2. The maximum absolute atomic E-state index is 10.1. The number of hydrogen-bond donors (Lipinski definition) is 0. The van der Waals surface area contributed by atoms with Crippen molar-refractivity contribution >= 4 is 35.0 Å².